The maximum atomic E-state index is 8.57. The van der Waals surface area contributed by atoms with Crippen LogP contribution in [-0.2, 0) is 12.5 Å². The van der Waals surface area contributed by atoms with Crippen LogP contribution in [0.4, 0.5) is 0 Å². The lowest BCUT2D eigenvalue weighted by Crippen LogP contribution is -2.34. The van der Waals surface area contributed by atoms with Crippen LogP contribution in [0.3, 0.4) is 0 Å². The van der Waals surface area contributed by atoms with Gasteiger partial charge in [-0.1, -0.05) is 52.8 Å². The van der Waals surface area contributed by atoms with Crippen LogP contribution in [0.5, 0.6) is 0 Å². The van der Waals surface area contributed by atoms with Gasteiger partial charge in [-0.15, -0.1) is 0 Å². The van der Waals surface area contributed by atoms with Crippen molar-refractivity contribution in [1.29, 1.82) is 0 Å². The van der Waals surface area contributed by atoms with Crippen molar-refractivity contribution in [3.05, 3.63) is 53.2 Å². The molecule has 1 aromatic carbocycles. The first-order chi connectivity index (χ1) is 10.0. The zero-order valence-electron chi connectivity index (χ0n) is 15.4. The highest BCUT2D eigenvalue weighted by atomic mass is 14.9. The first-order valence-corrected chi connectivity index (χ1v) is 7.62. The Balaban J connectivity index is 2.77. The van der Waals surface area contributed by atoms with E-state index >= 15 is 0 Å². The number of benzene rings is 1. The molecule has 1 aromatic heterocycles. The summed E-state index contributed by atoms with van der Waals surface area (Å²) < 4.78 is 10.8. The maximum absolute atomic E-state index is 8.57. The Hall–Kier alpha value is -1.63. The summed E-state index contributed by atoms with van der Waals surface area (Å²) in [6.45, 7) is 12.7. The number of hydrogen-bond acceptors (Lipinski definition) is 0. The van der Waals surface area contributed by atoms with Gasteiger partial charge in [0.15, 0.2) is 6.20 Å². The highest BCUT2D eigenvalue weighted by molar-refractivity contribution is 5.62. The van der Waals surface area contributed by atoms with Crippen LogP contribution in [-0.4, -0.2) is 0 Å². The highest BCUT2D eigenvalue weighted by Crippen LogP contribution is 2.32. The average Bonchev–Trinajstić information content (AvgIpc) is 2.37. The van der Waals surface area contributed by atoms with E-state index in [0.717, 1.165) is 5.56 Å². The van der Waals surface area contributed by atoms with Crippen LogP contribution in [0, 0.1) is 6.92 Å². The van der Waals surface area contributed by atoms with Crippen molar-refractivity contribution in [2.24, 2.45) is 7.05 Å². The summed E-state index contributed by atoms with van der Waals surface area (Å²) in [4.78, 5) is 0. The minimum atomic E-state index is -0.617. The van der Waals surface area contributed by atoms with Gasteiger partial charge in [0.25, 0.3) is 0 Å². The molecule has 21 heavy (non-hydrogen) atoms. The van der Waals surface area contributed by atoms with E-state index < -0.39 is 5.89 Å². The summed E-state index contributed by atoms with van der Waals surface area (Å²) >= 11 is 0. The van der Waals surface area contributed by atoms with Gasteiger partial charge in [-0.05, 0) is 35.4 Å². The second-order valence-electron chi connectivity index (χ2n) is 7.16. The molecule has 0 N–H and O–H groups in total. The molecule has 1 heterocycles. The van der Waals surface area contributed by atoms with Crippen molar-refractivity contribution >= 4 is 0 Å². The molecule has 1 nitrogen and oxygen atoms in total. The second-order valence-corrected chi connectivity index (χ2v) is 7.16. The van der Waals surface area contributed by atoms with Crippen LogP contribution in [0.1, 0.15) is 58.6 Å². The van der Waals surface area contributed by atoms with E-state index in [1.807, 2.05) is 13.8 Å². The van der Waals surface area contributed by atoms with Crippen molar-refractivity contribution in [1.82, 2.24) is 0 Å². The molecule has 0 atom stereocenters. The first-order valence-electron chi connectivity index (χ1n) is 8.12. The zero-order chi connectivity index (χ0) is 16.7. The van der Waals surface area contributed by atoms with Gasteiger partial charge in [-0.25, -0.2) is 4.57 Å². The van der Waals surface area contributed by atoms with Gasteiger partial charge in [-0.2, -0.15) is 0 Å². The highest BCUT2D eigenvalue weighted by Gasteiger charge is 2.25. The molecule has 0 unspecified atom stereocenters. The third kappa shape index (κ3) is 3.18. The monoisotopic (exact) mass is 283 g/mol. The predicted molar refractivity (Wildman–Crippen MR) is 90.6 cm³/mol. The molecule has 0 spiro atoms. The summed E-state index contributed by atoms with van der Waals surface area (Å²) in [5, 5.41) is 0. The smallest absolute Gasteiger partial charge is 0.201 e. The minimum Gasteiger partial charge on any atom is -0.201 e. The Morgan fingerprint density at radius 2 is 1.76 bits per heavy atom. The number of rotatable bonds is 2. The molecule has 1 heteroatoms. The number of aromatic nitrogens is 1. The van der Waals surface area contributed by atoms with Crippen molar-refractivity contribution < 1.29 is 5.94 Å². The van der Waals surface area contributed by atoms with Crippen molar-refractivity contribution in [2.45, 2.75) is 52.9 Å². The van der Waals surface area contributed by atoms with Gasteiger partial charge in [0.2, 0.25) is 5.69 Å². The SMILES string of the molecule is [2H]C(C)(C)c1cc(-c2ccccc2C)[n+](C)cc1C(C)(C)C. The standard InChI is InChI=1S/C20H28N/c1-14(2)17-12-19(16-11-9-8-10-15(16)3)21(7)13-18(17)20(4,5)6/h8-14H,1-7H3/q+1/i14D. The van der Waals surface area contributed by atoms with E-state index in [2.05, 4.69) is 75.8 Å². The molecule has 2 rings (SSSR count). The lowest BCUT2D eigenvalue weighted by atomic mass is 9.81. The fourth-order valence-electron chi connectivity index (χ4n) is 2.79. The van der Waals surface area contributed by atoms with E-state index in [9.17, 15) is 0 Å². The summed E-state index contributed by atoms with van der Waals surface area (Å²) in [6, 6.07) is 10.6. The van der Waals surface area contributed by atoms with E-state index in [-0.39, 0.29) is 5.41 Å². The molecule has 2 aromatic rings. The van der Waals surface area contributed by atoms with Gasteiger partial charge in [0.05, 0.1) is 0 Å². The Bertz CT molecular complexity index is 688. The lowest BCUT2D eigenvalue weighted by molar-refractivity contribution is -0.661. The third-order valence-corrected chi connectivity index (χ3v) is 4.04. The molecule has 0 radical (unpaired) electrons. The van der Waals surface area contributed by atoms with Crippen LogP contribution in [0.2, 0.25) is 0 Å². The van der Waals surface area contributed by atoms with E-state index in [0.29, 0.717) is 0 Å². The maximum Gasteiger partial charge on any atom is 0.212 e. The fraction of sp³-hybridized carbons (Fsp3) is 0.450. The predicted octanol–water partition coefficient (Wildman–Crippen LogP) is 4.91. The second kappa shape index (κ2) is 5.63. The third-order valence-electron chi connectivity index (χ3n) is 4.04. The molecule has 0 saturated carbocycles. The van der Waals surface area contributed by atoms with Gasteiger partial charge < -0.3 is 0 Å². The van der Waals surface area contributed by atoms with Crippen molar-refractivity contribution in [3.8, 4) is 11.3 Å². The summed E-state index contributed by atoms with van der Waals surface area (Å²) in [7, 11) is 2.09. The van der Waals surface area contributed by atoms with Crippen LogP contribution >= 0.6 is 0 Å². The van der Waals surface area contributed by atoms with Gasteiger partial charge >= 0.3 is 0 Å². The van der Waals surface area contributed by atoms with E-state index in [1.165, 1.54) is 22.4 Å². The molecule has 0 bridgehead atoms. The van der Waals surface area contributed by atoms with Crippen molar-refractivity contribution in [3.63, 3.8) is 0 Å². The van der Waals surface area contributed by atoms with Crippen LogP contribution in [0.15, 0.2) is 36.5 Å². The molecule has 0 aliphatic heterocycles. The molecule has 0 saturated heterocycles. The Labute approximate surface area is 131 Å². The van der Waals surface area contributed by atoms with Gasteiger partial charge in [-0.3, -0.25) is 0 Å². The zero-order valence-corrected chi connectivity index (χ0v) is 14.4. The van der Waals surface area contributed by atoms with Crippen molar-refractivity contribution in [2.75, 3.05) is 0 Å². The Morgan fingerprint density at radius 3 is 2.29 bits per heavy atom. The normalized spacial score (nSPS) is 13.2. The Morgan fingerprint density at radius 1 is 1.14 bits per heavy atom. The molecular weight excluding hydrogens is 254 g/mol. The molecular formula is C20H28N+. The minimum absolute atomic E-state index is 0.0235. The quantitative estimate of drug-likeness (QED) is 0.690. The first kappa shape index (κ1) is 14.3. The summed E-state index contributed by atoms with van der Waals surface area (Å²) in [6.07, 6.45) is 2.20. The number of hydrogen-bond donors (Lipinski definition) is 0. The molecule has 0 amide bonds. The molecule has 0 aliphatic carbocycles. The van der Waals surface area contributed by atoms with Crippen LogP contribution < -0.4 is 4.57 Å². The van der Waals surface area contributed by atoms with Crippen LogP contribution in [0.25, 0.3) is 11.3 Å². The topological polar surface area (TPSA) is 3.88 Å². The molecule has 0 fully saturated rings. The summed E-state index contributed by atoms with van der Waals surface area (Å²) in [5.74, 6) is -0.617. The fourth-order valence-corrected chi connectivity index (χ4v) is 2.79. The van der Waals surface area contributed by atoms with Gasteiger partial charge in [0.1, 0.15) is 7.05 Å². The number of aryl methyl sites for hydroxylation is 2. The van der Waals surface area contributed by atoms with E-state index in [1.54, 1.807) is 0 Å². The van der Waals surface area contributed by atoms with E-state index in [4.69, 9.17) is 1.37 Å². The summed E-state index contributed by atoms with van der Waals surface area (Å²) in [5.41, 5.74) is 6.03. The Kier molecular flexibility index (Phi) is 3.84. The average molecular weight is 283 g/mol. The molecule has 0 aliphatic rings. The largest absolute Gasteiger partial charge is 0.212 e. The molecule has 112 valence electrons. The number of nitrogens with zero attached hydrogens (tertiary/aromatic N) is 1. The number of pyridine rings is 1. The van der Waals surface area contributed by atoms with Gasteiger partial charge in [0, 0.05) is 18.6 Å². The lowest BCUT2D eigenvalue weighted by Gasteiger charge is -2.23.